The topological polar surface area (TPSA) is 76.1 Å². The van der Waals surface area contributed by atoms with E-state index >= 15 is 0 Å². The van der Waals surface area contributed by atoms with Crippen molar-refractivity contribution < 1.29 is 9.53 Å². The smallest absolute Gasteiger partial charge is 0.257 e. The van der Waals surface area contributed by atoms with Gasteiger partial charge in [0.1, 0.15) is 11.6 Å². The van der Waals surface area contributed by atoms with Crippen molar-refractivity contribution in [2.75, 3.05) is 17.7 Å². The molecule has 0 bridgehead atoms. The third-order valence-corrected chi connectivity index (χ3v) is 4.27. The quantitative estimate of drug-likeness (QED) is 0.535. The molecule has 0 aliphatic rings. The number of nitrogens with zero attached hydrogens (tertiary/aromatic N) is 2. The molecule has 4 aromatic rings. The molecular weight excluding hydrogens is 352 g/mol. The minimum absolute atomic E-state index is 0.235. The summed E-state index contributed by atoms with van der Waals surface area (Å²) in [6.45, 7) is 0. The van der Waals surface area contributed by atoms with Crippen LogP contribution in [-0.4, -0.2) is 23.0 Å². The molecule has 0 atom stereocenters. The number of hydrogen-bond donors (Lipinski definition) is 2. The van der Waals surface area contributed by atoms with Crippen LogP contribution in [0.1, 0.15) is 10.4 Å². The molecule has 0 unspecified atom stereocenters. The third-order valence-electron chi connectivity index (χ3n) is 4.27. The molecule has 6 nitrogen and oxygen atoms in total. The number of aromatic nitrogens is 2. The summed E-state index contributed by atoms with van der Waals surface area (Å²) in [5.74, 6) is 1.20. The molecule has 2 N–H and O–H groups in total. The number of carbonyl (C=O) groups excluding carboxylic acids is 1. The van der Waals surface area contributed by atoms with Crippen LogP contribution in [0.2, 0.25) is 0 Å². The molecule has 6 heteroatoms. The summed E-state index contributed by atoms with van der Waals surface area (Å²) < 4.78 is 5.14. The van der Waals surface area contributed by atoms with Gasteiger partial charge in [-0.25, -0.2) is 4.98 Å². The number of carbonyl (C=O) groups is 1. The monoisotopic (exact) mass is 370 g/mol. The van der Waals surface area contributed by atoms with E-state index in [2.05, 4.69) is 20.6 Å². The van der Waals surface area contributed by atoms with Crippen LogP contribution in [-0.2, 0) is 0 Å². The molecule has 2 aromatic heterocycles. The summed E-state index contributed by atoms with van der Waals surface area (Å²) in [5.41, 5.74) is 2.77. The molecule has 28 heavy (non-hydrogen) atoms. The summed E-state index contributed by atoms with van der Waals surface area (Å²) in [6, 6.07) is 20.5. The van der Waals surface area contributed by atoms with Gasteiger partial charge in [-0.3, -0.25) is 9.78 Å². The standard InChI is InChI=1S/C22H18N4O2/c1-28-18-10-8-17(9-11-18)25-20-12-7-16(14-24-20)22(27)26-19-6-2-4-15-5-3-13-23-21(15)19/h2-14H,1H3,(H,24,25)(H,26,27). The number of benzene rings is 2. The Hall–Kier alpha value is -3.93. The van der Waals surface area contributed by atoms with Gasteiger partial charge in [0.15, 0.2) is 0 Å². The Bertz CT molecular complexity index is 1100. The summed E-state index contributed by atoms with van der Waals surface area (Å²) in [5, 5.41) is 7.06. The van der Waals surface area contributed by atoms with E-state index in [4.69, 9.17) is 4.74 Å². The Labute approximate surface area is 162 Å². The van der Waals surface area contributed by atoms with Crippen molar-refractivity contribution in [3.8, 4) is 5.75 Å². The lowest BCUT2D eigenvalue weighted by atomic mass is 10.2. The van der Waals surface area contributed by atoms with Gasteiger partial charge in [-0.2, -0.15) is 0 Å². The number of ether oxygens (including phenoxy) is 1. The van der Waals surface area contributed by atoms with Crippen molar-refractivity contribution in [2.45, 2.75) is 0 Å². The molecule has 0 radical (unpaired) electrons. The molecule has 0 saturated carbocycles. The van der Waals surface area contributed by atoms with Gasteiger partial charge in [-0.05, 0) is 48.5 Å². The highest BCUT2D eigenvalue weighted by Crippen LogP contribution is 2.22. The van der Waals surface area contributed by atoms with E-state index in [9.17, 15) is 4.79 Å². The number of amides is 1. The Morgan fingerprint density at radius 2 is 1.75 bits per heavy atom. The first kappa shape index (κ1) is 17.5. The van der Waals surface area contributed by atoms with Gasteiger partial charge in [-0.1, -0.05) is 18.2 Å². The van der Waals surface area contributed by atoms with E-state index in [-0.39, 0.29) is 5.91 Å². The highest BCUT2D eigenvalue weighted by Gasteiger charge is 2.10. The van der Waals surface area contributed by atoms with Gasteiger partial charge < -0.3 is 15.4 Å². The molecule has 0 aliphatic heterocycles. The van der Waals surface area contributed by atoms with Crippen molar-refractivity contribution in [1.29, 1.82) is 0 Å². The average Bonchev–Trinajstić information content (AvgIpc) is 2.75. The first-order chi connectivity index (χ1) is 13.7. The van der Waals surface area contributed by atoms with E-state index in [1.807, 2.05) is 54.6 Å². The van der Waals surface area contributed by atoms with E-state index in [1.54, 1.807) is 31.6 Å². The number of rotatable bonds is 5. The largest absolute Gasteiger partial charge is 0.497 e. The summed E-state index contributed by atoms with van der Waals surface area (Å²) in [4.78, 5) is 21.3. The van der Waals surface area contributed by atoms with E-state index in [0.717, 1.165) is 22.3 Å². The SMILES string of the molecule is COc1ccc(Nc2ccc(C(=O)Nc3cccc4cccnc34)cn2)cc1. The van der Waals surface area contributed by atoms with Crippen molar-refractivity contribution in [3.63, 3.8) is 0 Å². The molecule has 0 spiro atoms. The highest BCUT2D eigenvalue weighted by atomic mass is 16.5. The van der Waals surface area contributed by atoms with Gasteiger partial charge in [0.2, 0.25) is 0 Å². The lowest BCUT2D eigenvalue weighted by Gasteiger charge is -2.09. The van der Waals surface area contributed by atoms with Gasteiger partial charge in [0.25, 0.3) is 5.91 Å². The zero-order valence-electron chi connectivity index (χ0n) is 15.2. The predicted molar refractivity (Wildman–Crippen MR) is 110 cm³/mol. The molecule has 0 saturated heterocycles. The number of fused-ring (bicyclic) bond motifs is 1. The third kappa shape index (κ3) is 3.76. The zero-order chi connectivity index (χ0) is 19.3. The molecular formula is C22H18N4O2. The maximum Gasteiger partial charge on any atom is 0.257 e. The second-order valence-electron chi connectivity index (χ2n) is 6.12. The summed E-state index contributed by atoms with van der Waals surface area (Å²) in [7, 11) is 1.63. The second-order valence-corrected chi connectivity index (χ2v) is 6.12. The lowest BCUT2D eigenvalue weighted by molar-refractivity contribution is 0.102. The van der Waals surface area contributed by atoms with Crippen molar-refractivity contribution in [2.24, 2.45) is 0 Å². The van der Waals surface area contributed by atoms with Crippen LogP contribution in [0.15, 0.2) is 79.1 Å². The number of anilines is 3. The molecule has 0 aliphatic carbocycles. The molecule has 2 aromatic carbocycles. The van der Waals surface area contributed by atoms with Crippen LogP contribution >= 0.6 is 0 Å². The van der Waals surface area contributed by atoms with Gasteiger partial charge in [-0.15, -0.1) is 0 Å². The Balaban J connectivity index is 1.47. The number of nitrogens with one attached hydrogen (secondary N) is 2. The fourth-order valence-electron chi connectivity index (χ4n) is 2.82. The normalized spacial score (nSPS) is 10.5. The number of hydrogen-bond acceptors (Lipinski definition) is 5. The minimum atomic E-state index is -0.235. The maximum atomic E-state index is 12.6. The summed E-state index contributed by atoms with van der Waals surface area (Å²) >= 11 is 0. The van der Waals surface area contributed by atoms with Gasteiger partial charge in [0, 0.05) is 23.5 Å². The van der Waals surface area contributed by atoms with Crippen LogP contribution in [0.3, 0.4) is 0 Å². The first-order valence-electron chi connectivity index (χ1n) is 8.75. The lowest BCUT2D eigenvalue weighted by Crippen LogP contribution is -2.12. The summed E-state index contributed by atoms with van der Waals surface area (Å²) in [6.07, 6.45) is 3.25. The van der Waals surface area contributed by atoms with Gasteiger partial charge in [0.05, 0.1) is 23.9 Å². The molecule has 0 fully saturated rings. The van der Waals surface area contributed by atoms with Crippen LogP contribution in [0.4, 0.5) is 17.2 Å². The Morgan fingerprint density at radius 1 is 0.929 bits per heavy atom. The van der Waals surface area contributed by atoms with E-state index < -0.39 is 0 Å². The molecule has 1 amide bonds. The molecule has 138 valence electrons. The Morgan fingerprint density at radius 3 is 2.50 bits per heavy atom. The number of para-hydroxylation sites is 1. The van der Waals surface area contributed by atoms with Crippen molar-refractivity contribution >= 4 is 34.0 Å². The first-order valence-corrected chi connectivity index (χ1v) is 8.75. The fourth-order valence-corrected chi connectivity index (χ4v) is 2.82. The van der Waals surface area contributed by atoms with Crippen LogP contribution in [0.25, 0.3) is 10.9 Å². The van der Waals surface area contributed by atoms with Crippen molar-refractivity contribution in [3.05, 3.63) is 84.7 Å². The fraction of sp³-hybridized carbons (Fsp3) is 0.0455. The second kappa shape index (κ2) is 7.75. The average molecular weight is 370 g/mol. The van der Waals surface area contributed by atoms with E-state index in [0.29, 0.717) is 17.1 Å². The maximum absolute atomic E-state index is 12.6. The molecule has 2 heterocycles. The van der Waals surface area contributed by atoms with Crippen LogP contribution < -0.4 is 15.4 Å². The highest BCUT2D eigenvalue weighted by molar-refractivity contribution is 6.08. The number of pyridine rings is 2. The number of methoxy groups -OCH3 is 1. The zero-order valence-corrected chi connectivity index (χ0v) is 15.2. The van der Waals surface area contributed by atoms with Gasteiger partial charge >= 0.3 is 0 Å². The Kier molecular flexibility index (Phi) is 4.84. The van der Waals surface area contributed by atoms with Crippen LogP contribution in [0, 0.1) is 0 Å². The van der Waals surface area contributed by atoms with Crippen molar-refractivity contribution in [1.82, 2.24) is 9.97 Å². The molecule has 4 rings (SSSR count). The van der Waals surface area contributed by atoms with Crippen LogP contribution in [0.5, 0.6) is 5.75 Å². The minimum Gasteiger partial charge on any atom is -0.497 e. The predicted octanol–water partition coefficient (Wildman–Crippen LogP) is 4.63. The van der Waals surface area contributed by atoms with E-state index in [1.165, 1.54) is 0 Å².